The minimum atomic E-state index is 0.710. The van der Waals surface area contributed by atoms with E-state index in [1.807, 2.05) is 16.8 Å². The first-order valence-electron chi connectivity index (χ1n) is 5.63. The molecular weight excluding hydrogens is 260 g/mol. The first-order valence-corrected chi connectivity index (χ1v) is 6.96. The number of aryl methyl sites for hydroxylation is 1. The molecule has 0 saturated heterocycles. The summed E-state index contributed by atoms with van der Waals surface area (Å²) in [6, 6.07) is 12.4. The van der Waals surface area contributed by atoms with Crippen LogP contribution in [0, 0.1) is 6.92 Å². The van der Waals surface area contributed by atoms with E-state index >= 15 is 0 Å². The SMILES string of the molecule is Cc1ccc(-n2cc(-c3cccs3)nc2S)cc1. The van der Waals surface area contributed by atoms with Gasteiger partial charge in [-0.15, -0.1) is 24.0 Å². The van der Waals surface area contributed by atoms with Crippen molar-refractivity contribution in [2.75, 3.05) is 0 Å². The van der Waals surface area contributed by atoms with Crippen molar-refractivity contribution in [2.45, 2.75) is 12.1 Å². The first kappa shape index (κ1) is 11.6. The summed E-state index contributed by atoms with van der Waals surface area (Å²) in [4.78, 5) is 5.65. The highest BCUT2D eigenvalue weighted by Crippen LogP contribution is 2.26. The minimum Gasteiger partial charge on any atom is -0.294 e. The molecule has 2 aromatic heterocycles. The Morgan fingerprint density at radius 3 is 2.61 bits per heavy atom. The maximum Gasteiger partial charge on any atom is 0.170 e. The molecule has 2 nitrogen and oxygen atoms in total. The fourth-order valence-electron chi connectivity index (χ4n) is 1.81. The molecule has 0 aliphatic heterocycles. The van der Waals surface area contributed by atoms with Crippen molar-refractivity contribution in [1.82, 2.24) is 9.55 Å². The van der Waals surface area contributed by atoms with Gasteiger partial charge in [-0.05, 0) is 30.5 Å². The van der Waals surface area contributed by atoms with E-state index in [0.717, 1.165) is 16.3 Å². The zero-order chi connectivity index (χ0) is 12.5. The van der Waals surface area contributed by atoms with Gasteiger partial charge in [-0.1, -0.05) is 23.8 Å². The van der Waals surface area contributed by atoms with Gasteiger partial charge in [-0.3, -0.25) is 4.57 Å². The maximum absolute atomic E-state index is 4.49. The van der Waals surface area contributed by atoms with Crippen LogP contribution in [-0.2, 0) is 0 Å². The monoisotopic (exact) mass is 272 g/mol. The number of imidazole rings is 1. The molecule has 0 aliphatic carbocycles. The highest BCUT2D eigenvalue weighted by Gasteiger charge is 2.08. The van der Waals surface area contributed by atoms with E-state index in [2.05, 4.69) is 60.2 Å². The van der Waals surface area contributed by atoms with Gasteiger partial charge < -0.3 is 0 Å². The first-order chi connectivity index (χ1) is 8.74. The second-order valence-corrected chi connectivity index (χ2v) is 5.46. The van der Waals surface area contributed by atoms with Gasteiger partial charge in [0.1, 0.15) is 0 Å². The van der Waals surface area contributed by atoms with Crippen LogP contribution in [0.1, 0.15) is 5.56 Å². The van der Waals surface area contributed by atoms with Gasteiger partial charge in [-0.25, -0.2) is 4.98 Å². The molecule has 1 aromatic carbocycles. The third-order valence-corrected chi connectivity index (χ3v) is 3.98. The van der Waals surface area contributed by atoms with Crippen LogP contribution in [0.3, 0.4) is 0 Å². The molecule has 0 bridgehead atoms. The fraction of sp³-hybridized carbons (Fsp3) is 0.0714. The molecule has 2 heterocycles. The van der Waals surface area contributed by atoms with Crippen molar-refractivity contribution < 1.29 is 0 Å². The van der Waals surface area contributed by atoms with Crippen LogP contribution in [0.2, 0.25) is 0 Å². The zero-order valence-corrected chi connectivity index (χ0v) is 11.6. The number of benzene rings is 1. The third kappa shape index (κ3) is 2.09. The van der Waals surface area contributed by atoms with Gasteiger partial charge in [-0.2, -0.15) is 0 Å². The molecule has 0 radical (unpaired) electrons. The maximum atomic E-state index is 4.49. The lowest BCUT2D eigenvalue weighted by atomic mass is 10.2. The number of aromatic nitrogens is 2. The van der Waals surface area contributed by atoms with Gasteiger partial charge in [0.2, 0.25) is 0 Å². The van der Waals surface area contributed by atoms with E-state index in [4.69, 9.17) is 0 Å². The lowest BCUT2D eigenvalue weighted by Gasteiger charge is -2.03. The fourth-order valence-corrected chi connectivity index (χ4v) is 2.77. The number of rotatable bonds is 2. The van der Waals surface area contributed by atoms with Crippen LogP contribution in [0.15, 0.2) is 53.1 Å². The molecule has 0 unspecified atom stereocenters. The summed E-state index contributed by atoms with van der Waals surface area (Å²) < 4.78 is 2.00. The Morgan fingerprint density at radius 1 is 1.17 bits per heavy atom. The average Bonchev–Trinajstić information content (AvgIpc) is 2.99. The molecule has 0 saturated carbocycles. The Labute approximate surface area is 115 Å². The number of thiol groups is 1. The van der Waals surface area contributed by atoms with Gasteiger partial charge >= 0.3 is 0 Å². The molecule has 90 valence electrons. The summed E-state index contributed by atoms with van der Waals surface area (Å²) in [5.74, 6) is 0. The van der Waals surface area contributed by atoms with Crippen molar-refractivity contribution in [2.24, 2.45) is 0 Å². The zero-order valence-electron chi connectivity index (χ0n) is 9.87. The quantitative estimate of drug-likeness (QED) is 0.692. The van der Waals surface area contributed by atoms with Gasteiger partial charge in [0.15, 0.2) is 5.16 Å². The van der Waals surface area contributed by atoms with Crippen LogP contribution in [0.4, 0.5) is 0 Å². The van der Waals surface area contributed by atoms with E-state index in [1.54, 1.807) is 11.3 Å². The molecule has 3 aromatic rings. The molecule has 0 aliphatic rings. The summed E-state index contributed by atoms with van der Waals surface area (Å²) in [5, 5.41) is 2.76. The summed E-state index contributed by atoms with van der Waals surface area (Å²) in [6.07, 6.45) is 2.03. The number of thiophene rings is 1. The third-order valence-electron chi connectivity index (χ3n) is 2.77. The Kier molecular flexibility index (Phi) is 2.97. The molecule has 0 N–H and O–H groups in total. The predicted molar refractivity (Wildman–Crippen MR) is 78.9 cm³/mol. The van der Waals surface area contributed by atoms with E-state index < -0.39 is 0 Å². The molecule has 0 spiro atoms. The summed E-state index contributed by atoms with van der Waals surface area (Å²) in [7, 11) is 0. The van der Waals surface area contributed by atoms with Gasteiger partial charge in [0.25, 0.3) is 0 Å². The van der Waals surface area contributed by atoms with E-state index in [1.165, 1.54) is 5.56 Å². The number of hydrogen-bond donors (Lipinski definition) is 1. The normalized spacial score (nSPS) is 10.8. The average molecular weight is 272 g/mol. The molecule has 0 amide bonds. The van der Waals surface area contributed by atoms with E-state index in [9.17, 15) is 0 Å². The Bertz CT molecular complexity index is 652. The smallest absolute Gasteiger partial charge is 0.170 e. The minimum absolute atomic E-state index is 0.710. The molecule has 4 heteroatoms. The number of nitrogens with zero attached hydrogens (tertiary/aromatic N) is 2. The molecular formula is C14H12N2S2. The Balaban J connectivity index is 2.06. The van der Waals surface area contributed by atoms with Crippen LogP contribution in [-0.4, -0.2) is 9.55 Å². The van der Waals surface area contributed by atoms with Crippen molar-refractivity contribution in [1.29, 1.82) is 0 Å². The predicted octanol–water partition coefficient (Wildman–Crippen LogP) is 4.20. The largest absolute Gasteiger partial charge is 0.294 e. The van der Waals surface area contributed by atoms with Crippen molar-refractivity contribution in [3.8, 4) is 16.3 Å². The number of hydrogen-bond acceptors (Lipinski definition) is 3. The topological polar surface area (TPSA) is 17.8 Å². The van der Waals surface area contributed by atoms with Crippen molar-refractivity contribution in [3.63, 3.8) is 0 Å². The Morgan fingerprint density at radius 2 is 1.94 bits per heavy atom. The summed E-state index contributed by atoms with van der Waals surface area (Å²) >= 11 is 6.13. The second kappa shape index (κ2) is 4.63. The molecule has 3 rings (SSSR count). The molecule has 0 fully saturated rings. The van der Waals surface area contributed by atoms with Crippen molar-refractivity contribution in [3.05, 3.63) is 53.5 Å². The van der Waals surface area contributed by atoms with Crippen LogP contribution in [0.25, 0.3) is 16.3 Å². The van der Waals surface area contributed by atoms with Gasteiger partial charge in [0, 0.05) is 11.9 Å². The standard InChI is InChI=1S/C14H12N2S2/c1-10-4-6-11(7-5-10)16-9-12(15-14(16)17)13-3-2-8-18-13/h2-9H,1H3,(H,15,17). The Hall–Kier alpha value is -1.52. The highest BCUT2D eigenvalue weighted by atomic mass is 32.1. The van der Waals surface area contributed by atoms with E-state index in [0.29, 0.717) is 5.16 Å². The molecule has 0 atom stereocenters. The lowest BCUT2D eigenvalue weighted by molar-refractivity contribution is 0.901. The van der Waals surface area contributed by atoms with Crippen LogP contribution in [0.5, 0.6) is 0 Å². The molecule has 18 heavy (non-hydrogen) atoms. The van der Waals surface area contributed by atoms with E-state index in [-0.39, 0.29) is 0 Å². The second-order valence-electron chi connectivity index (χ2n) is 4.11. The lowest BCUT2D eigenvalue weighted by Crippen LogP contribution is -1.92. The summed E-state index contributed by atoms with van der Waals surface area (Å²) in [5.41, 5.74) is 3.30. The highest BCUT2D eigenvalue weighted by molar-refractivity contribution is 7.80. The summed E-state index contributed by atoms with van der Waals surface area (Å²) in [6.45, 7) is 2.08. The van der Waals surface area contributed by atoms with Gasteiger partial charge in [0.05, 0.1) is 10.6 Å². The van der Waals surface area contributed by atoms with Crippen molar-refractivity contribution >= 4 is 24.0 Å². The van der Waals surface area contributed by atoms with Crippen LogP contribution < -0.4 is 0 Å². The van der Waals surface area contributed by atoms with Crippen LogP contribution >= 0.6 is 24.0 Å².